The highest BCUT2D eigenvalue weighted by Gasteiger charge is 2.47. The fourth-order valence-electron chi connectivity index (χ4n) is 7.56. The predicted molar refractivity (Wildman–Crippen MR) is 233 cm³/mol. The number of aliphatic hydroxyl groups is 6. The molecule has 2 saturated heterocycles. The van der Waals surface area contributed by atoms with Crippen LogP contribution in [0.25, 0.3) is 44.6 Å². The van der Waals surface area contributed by atoms with E-state index in [1.165, 1.54) is 38.5 Å². The Bertz CT molecular complexity index is 2750. The van der Waals surface area contributed by atoms with Crippen LogP contribution >= 0.6 is 0 Å². The molecule has 364 valence electrons. The summed E-state index contributed by atoms with van der Waals surface area (Å²) in [5, 5.41) is 85.0. The molecule has 4 heterocycles. The van der Waals surface area contributed by atoms with E-state index in [0.717, 1.165) is 12.1 Å². The maximum absolute atomic E-state index is 13.0. The first-order chi connectivity index (χ1) is 33.0. The molecule has 4 aromatic carbocycles. The van der Waals surface area contributed by atoms with Crippen LogP contribution in [0.4, 0.5) is 0 Å². The molecule has 0 radical (unpaired) electrons. The van der Waals surface area contributed by atoms with Crippen molar-refractivity contribution in [3.63, 3.8) is 0 Å². The molecule has 0 spiro atoms. The van der Waals surface area contributed by atoms with Crippen molar-refractivity contribution >= 4 is 33.9 Å². The van der Waals surface area contributed by atoms with Gasteiger partial charge in [0.25, 0.3) is 0 Å². The van der Waals surface area contributed by atoms with Crippen molar-refractivity contribution in [1.29, 1.82) is 0 Å². The highest BCUT2D eigenvalue weighted by atomic mass is 16.7. The zero-order valence-corrected chi connectivity index (χ0v) is 36.3. The largest absolute Gasteiger partial charge is 0.507 e. The molecule has 6 aromatic rings. The fourth-order valence-corrected chi connectivity index (χ4v) is 7.56. The van der Waals surface area contributed by atoms with E-state index in [4.69, 9.17) is 46.7 Å². The quantitative estimate of drug-likeness (QED) is 0.0562. The summed E-state index contributed by atoms with van der Waals surface area (Å²) in [5.74, 6) is -2.52. The van der Waals surface area contributed by atoms with Gasteiger partial charge in [-0.15, -0.1) is 0 Å². The van der Waals surface area contributed by atoms with Crippen LogP contribution in [-0.4, -0.2) is 142 Å². The van der Waals surface area contributed by atoms with Gasteiger partial charge in [-0.05, 0) is 48.5 Å². The average Bonchev–Trinajstić information content (AvgIpc) is 3.33. The van der Waals surface area contributed by atoms with Gasteiger partial charge in [0.1, 0.15) is 136 Å². The number of rotatable bonds is 14. The molecule has 0 unspecified atom stereocenters. The van der Waals surface area contributed by atoms with Gasteiger partial charge >= 0.3 is 11.9 Å². The lowest BCUT2D eigenvalue weighted by Gasteiger charge is -2.40. The van der Waals surface area contributed by atoms with Crippen molar-refractivity contribution in [2.24, 2.45) is 0 Å². The first kappa shape index (κ1) is 48.2. The van der Waals surface area contributed by atoms with Gasteiger partial charge < -0.3 is 87.6 Å². The van der Waals surface area contributed by atoms with E-state index in [9.17, 15) is 60.0 Å². The summed E-state index contributed by atoms with van der Waals surface area (Å²) >= 11 is 0. The van der Waals surface area contributed by atoms with Crippen LogP contribution in [0.2, 0.25) is 0 Å². The number of esters is 2. The maximum atomic E-state index is 13.0. The minimum Gasteiger partial charge on any atom is -0.507 e. The lowest BCUT2D eigenvalue weighted by molar-refractivity contribution is -0.279. The van der Waals surface area contributed by atoms with E-state index in [1.54, 1.807) is 48.5 Å². The number of phenols is 2. The van der Waals surface area contributed by atoms with E-state index in [1.807, 2.05) is 0 Å². The molecule has 0 amide bonds. The van der Waals surface area contributed by atoms with Crippen LogP contribution in [0.15, 0.2) is 103 Å². The highest BCUT2D eigenvalue weighted by Crippen LogP contribution is 2.36. The molecule has 0 saturated carbocycles. The summed E-state index contributed by atoms with van der Waals surface area (Å²) in [5.41, 5.74) is -0.373. The number of aromatic hydroxyl groups is 2. The zero-order chi connectivity index (χ0) is 49.3. The average molecular weight is 961 g/mol. The second-order valence-electron chi connectivity index (χ2n) is 15.8. The third-order valence-corrected chi connectivity index (χ3v) is 11.3. The molecule has 22 nitrogen and oxygen atoms in total. The Morgan fingerprint density at radius 1 is 0.507 bits per heavy atom. The van der Waals surface area contributed by atoms with Gasteiger partial charge in [0, 0.05) is 47.5 Å². The normalized spacial score (nSPS) is 24.6. The number of fused-ring (bicyclic) bond motifs is 2. The van der Waals surface area contributed by atoms with Crippen molar-refractivity contribution in [1.82, 2.24) is 0 Å². The van der Waals surface area contributed by atoms with Gasteiger partial charge in [-0.1, -0.05) is 0 Å². The standard InChI is InChI=1S/C47H44O22/c1-60-22-7-3-20(4-8-22)30-15-28(50)38-26(48)11-24(13-32(38)66-30)64-46-44(58)42(56)40(54)34(68-46)18-62-36(52)17-37(53)63-19-35-41(55)43(57)45(59)47(69-35)65-25-12-27(49)39-29(51)16-31(67-33(39)14-25)21-5-9-23(61-2)10-6-21/h3-16,34-35,40-49,54-59H,17-19H2,1-2H3/t34-,35+,40-,41+,42-,43-,44-,45+,46-,47+/m0/s1. The molecule has 8 N–H and O–H groups in total. The molecule has 69 heavy (non-hydrogen) atoms. The zero-order valence-electron chi connectivity index (χ0n) is 36.3. The van der Waals surface area contributed by atoms with Gasteiger partial charge in [0.15, 0.2) is 10.9 Å². The third-order valence-electron chi connectivity index (χ3n) is 11.3. The molecule has 2 aliphatic heterocycles. The topological polar surface area (TPSA) is 330 Å². The molecule has 22 heteroatoms. The van der Waals surface area contributed by atoms with Crippen LogP contribution in [0.1, 0.15) is 6.42 Å². The van der Waals surface area contributed by atoms with E-state index < -0.39 is 115 Å². The van der Waals surface area contributed by atoms with Crippen LogP contribution in [0, 0.1) is 0 Å². The summed E-state index contributed by atoms with van der Waals surface area (Å²) in [6.07, 6.45) is -18.9. The van der Waals surface area contributed by atoms with E-state index in [2.05, 4.69) is 0 Å². The third kappa shape index (κ3) is 10.3. The monoisotopic (exact) mass is 960 g/mol. The van der Waals surface area contributed by atoms with Crippen molar-refractivity contribution in [2.75, 3.05) is 27.4 Å². The van der Waals surface area contributed by atoms with Crippen molar-refractivity contribution in [2.45, 2.75) is 67.8 Å². The summed E-state index contributed by atoms with van der Waals surface area (Å²) in [6.45, 7) is -1.58. The van der Waals surface area contributed by atoms with Gasteiger partial charge in [0.05, 0.1) is 14.2 Å². The van der Waals surface area contributed by atoms with Crippen molar-refractivity contribution in [3.05, 3.63) is 105 Å². The number of carbonyl (C=O) groups is 2. The molecule has 0 bridgehead atoms. The summed E-state index contributed by atoms with van der Waals surface area (Å²) in [7, 11) is 2.98. The number of methoxy groups -OCH3 is 2. The number of phenolic OH excluding ortho intramolecular Hbond substituents is 2. The fraction of sp³-hybridized carbons (Fsp3) is 0.319. The summed E-state index contributed by atoms with van der Waals surface area (Å²) in [4.78, 5) is 51.3. The van der Waals surface area contributed by atoms with Crippen LogP contribution in [-0.2, 0) is 28.5 Å². The highest BCUT2D eigenvalue weighted by molar-refractivity contribution is 5.91. The number of ether oxygens (including phenoxy) is 8. The first-order valence-electron chi connectivity index (χ1n) is 21.0. The Morgan fingerprint density at radius 2 is 0.884 bits per heavy atom. The predicted octanol–water partition coefficient (Wildman–Crippen LogP) is 1.21. The summed E-state index contributed by atoms with van der Waals surface area (Å²) < 4.78 is 54.9. The van der Waals surface area contributed by atoms with Crippen LogP contribution in [0.5, 0.6) is 34.5 Å². The minimum absolute atomic E-state index is 0.113. The van der Waals surface area contributed by atoms with E-state index in [0.29, 0.717) is 22.6 Å². The Hall–Kier alpha value is -7.28. The minimum atomic E-state index is -1.92. The van der Waals surface area contributed by atoms with Gasteiger partial charge in [-0.25, -0.2) is 0 Å². The van der Waals surface area contributed by atoms with Crippen LogP contribution in [0.3, 0.4) is 0 Å². The molecular formula is C47H44O22. The summed E-state index contributed by atoms with van der Waals surface area (Å²) in [6, 6.07) is 20.1. The number of hydrogen-bond donors (Lipinski definition) is 8. The lowest BCUT2D eigenvalue weighted by atomic mass is 9.99. The van der Waals surface area contributed by atoms with E-state index in [-0.39, 0.29) is 45.0 Å². The molecular weight excluding hydrogens is 916 g/mol. The van der Waals surface area contributed by atoms with Crippen LogP contribution < -0.4 is 29.8 Å². The lowest BCUT2D eigenvalue weighted by Crippen LogP contribution is -2.60. The SMILES string of the molecule is COc1ccc(-c2cc(=O)c3c(O)cc(O[C@H]4O[C@@H](COC(=O)CC(=O)OC[C@H]5O[C@@H](Oc6cc(O)c7c(=O)cc(-c8ccc(OC)cc8)oc7c6)[C@H](O)[C@@H](O)[C@@H]5O)[C@H](O)[C@H](O)[C@@H]4O)cc3o2)cc1. The first-order valence-corrected chi connectivity index (χ1v) is 21.0. The second kappa shape index (κ2) is 20.1. The Morgan fingerprint density at radius 3 is 1.25 bits per heavy atom. The number of aliphatic hydroxyl groups excluding tert-OH is 6. The molecule has 2 aliphatic rings. The molecule has 0 aliphatic carbocycles. The maximum Gasteiger partial charge on any atom is 0.317 e. The number of hydrogen-bond acceptors (Lipinski definition) is 22. The second-order valence-corrected chi connectivity index (χ2v) is 15.8. The van der Waals surface area contributed by atoms with E-state index >= 15 is 0 Å². The van der Waals surface area contributed by atoms with Gasteiger partial charge in [0.2, 0.25) is 12.6 Å². The smallest absolute Gasteiger partial charge is 0.317 e. The van der Waals surface area contributed by atoms with Gasteiger partial charge in [-0.2, -0.15) is 0 Å². The van der Waals surface area contributed by atoms with Gasteiger partial charge in [-0.3, -0.25) is 19.2 Å². The number of benzene rings is 4. The molecule has 10 atom stereocenters. The molecule has 2 fully saturated rings. The molecule has 2 aromatic heterocycles. The Kier molecular flexibility index (Phi) is 14.1. The Labute approximate surface area is 388 Å². The Balaban J connectivity index is 0.864. The molecule has 8 rings (SSSR count). The van der Waals surface area contributed by atoms with Crippen molar-refractivity contribution in [3.8, 4) is 57.1 Å². The van der Waals surface area contributed by atoms with Crippen molar-refractivity contribution < 1.29 is 97.2 Å². The number of carbonyl (C=O) groups excluding carboxylic acids is 2.